The molecule has 1 aromatic heterocycles. The van der Waals surface area contributed by atoms with Crippen LogP contribution in [0, 0.1) is 11.7 Å². The predicted octanol–water partition coefficient (Wildman–Crippen LogP) is 2.53. The average Bonchev–Trinajstić information content (AvgIpc) is 2.61. The number of primary amides is 1. The van der Waals surface area contributed by atoms with E-state index in [0.717, 1.165) is 30.6 Å². The molecule has 2 aromatic rings. The van der Waals surface area contributed by atoms with Gasteiger partial charge in [-0.15, -0.1) is 0 Å². The van der Waals surface area contributed by atoms with Crippen molar-refractivity contribution in [3.8, 4) is 0 Å². The highest BCUT2D eigenvalue weighted by Crippen LogP contribution is 2.27. The lowest BCUT2D eigenvalue weighted by atomic mass is 9.96. The number of carbonyl (C=O) groups is 1. The maximum atomic E-state index is 13.7. The zero-order valence-corrected chi connectivity index (χ0v) is 13.4. The minimum Gasteiger partial charge on any atom is -0.370 e. The number of nitrogens with two attached hydrogens (primary N) is 1. The normalized spacial score (nSPS) is 17.5. The Hall–Kier alpha value is -2.63. The number of aromatic nitrogens is 1. The Labute approximate surface area is 140 Å². The van der Waals surface area contributed by atoms with Crippen molar-refractivity contribution in [2.45, 2.75) is 19.4 Å². The molecule has 0 bridgehead atoms. The van der Waals surface area contributed by atoms with Gasteiger partial charge in [-0.2, -0.15) is 0 Å². The third kappa shape index (κ3) is 3.64. The van der Waals surface area contributed by atoms with Crippen LogP contribution in [0.25, 0.3) is 0 Å². The lowest BCUT2D eigenvalue weighted by molar-refractivity contribution is -0.122. The number of anilines is 2. The molecular weight excluding hydrogens is 307 g/mol. The summed E-state index contributed by atoms with van der Waals surface area (Å²) in [6.45, 7) is 1.98. The molecule has 126 valence electrons. The van der Waals surface area contributed by atoms with Gasteiger partial charge >= 0.3 is 0 Å². The molecule has 0 radical (unpaired) electrons. The summed E-state index contributed by atoms with van der Waals surface area (Å²) in [6, 6.07) is 10.9. The van der Waals surface area contributed by atoms with Gasteiger partial charge in [0.1, 0.15) is 0 Å². The molecule has 5 nitrogen and oxygen atoms in total. The van der Waals surface area contributed by atoms with Crippen LogP contribution in [0.3, 0.4) is 0 Å². The van der Waals surface area contributed by atoms with Crippen molar-refractivity contribution >= 4 is 17.4 Å². The maximum Gasteiger partial charge on any atom is 0.222 e. The number of amides is 1. The third-order valence-electron chi connectivity index (χ3n) is 4.36. The van der Waals surface area contributed by atoms with Crippen LogP contribution in [0.2, 0.25) is 0 Å². The Morgan fingerprint density at radius 3 is 2.96 bits per heavy atom. The van der Waals surface area contributed by atoms with Gasteiger partial charge in [0.2, 0.25) is 5.91 Å². The minimum atomic E-state index is -0.373. The fraction of sp³-hybridized carbons (Fsp3) is 0.333. The number of piperidine rings is 1. The van der Waals surface area contributed by atoms with Crippen LogP contribution < -0.4 is 16.0 Å². The fourth-order valence-electron chi connectivity index (χ4n) is 3.09. The number of para-hydroxylation sites is 1. The summed E-state index contributed by atoms with van der Waals surface area (Å²) in [5.41, 5.74) is 7.55. The first-order valence-electron chi connectivity index (χ1n) is 8.11. The smallest absolute Gasteiger partial charge is 0.222 e. The van der Waals surface area contributed by atoms with Crippen molar-refractivity contribution in [1.82, 2.24) is 4.98 Å². The highest BCUT2D eigenvalue weighted by molar-refractivity contribution is 5.77. The minimum absolute atomic E-state index is 0.118. The van der Waals surface area contributed by atoms with E-state index in [1.165, 1.54) is 6.07 Å². The number of hydrogen-bond acceptors (Lipinski definition) is 4. The Morgan fingerprint density at radius 1 is 1.33 bits per heavy atom. The summed E-state index contributed by atoms with van der Waals surface area (Å²) in [6.07, 6.45) is 3.33. The monoisotopic (exact) mass is 328 g/mol. The van der Waals surface area contributed by atoms with E-state index in [9.17, 15) is 9.18 Å². The van der Waals surface area contributed by atoms with Crippen LogP contribution in [0.1, 0.15) is 18.4 Å². The lowest BCUT2D eigenvalue weighted by Crippen LogP contribution is -2.41. The van der Waals surface area contributed by atoms with Gasteiger partial charge in [0, 0.05) is 31.5 Å². The molecular formula is C18H21FN4O. The molecule has 1 atom stereocenters. The van der Waals surface area contributed by atoms with Crippen molar-refractivity contribution < 1.29 is 9.18 Å². The van der Waals surface area contributed by atoms with Crippen LogP contribution in [0.15, 0.2) is 42.6 Å². The number of rotatable bonds is 5. The number of pyridine rings is 1. The zero-order chi connectivity index (χ0) is 16.9. The molecule has 1 aromatic carbocycles. The summed E-state index contributed by atoms with van der Waals surface area (Å²) in [7, 11) is 0. The molecule has 3 rings (SSSR count). The Bertz CT molecular complexity index is 722. The Morgan fingerprint density at radius 2 is 2.17 bits per heavy atom. The molecule has 0 spiro atoms. The molecule has 1 aliphatic rings. The number of halogens is 1. The van der Waals surface area contributed by atoms with E-state index in [1.54, 1.807) is 12.3 Å². The topological polar surface area (TPSA) is 71.2 Å². The first kappa shape index (κ1) is 16.2. The van der Waals surface area contributed by atoms with E-state index in [4.69, 9.17) is 5.73 Å². The average molecular weight is 328 g/mol. The summed E-state index contributed by atoms with van der Waals surface area (Å²) >= 11 is 0. The van der Waals surface area contributed by atoms with E-state index in [0.29, 0.717) is 13.1 Å². The number of nitrogens with one attached hydrogen (secondary N) is 1. The highest BCUT2D eigenvalue weighted by atomic mass is 19.1. The van der Waals surface area contributed by atoms with E-state index in [2.05, 4.69) is 15.2 Å². The molecule has 24 heavy (non-hydrogen) atoms. The molecule has 1 amide bonds. The first-order valence-corrected chi connectivity index (χ1v) is 8.11. The zero-order valence-electron chi connectivity index (χ0n) is 13.4. The number of hydrogen-bond donors (Lipinski definition) is 2. The summed E-state index contributed by atoms with van der Waals surface area (Å²) in [5, 5.41) is 3.04. The van der Waals surface area contributed by atoms with Crippen LogP contribution in [-0.2, 0) is 11.3 Å². The van der Waals surface area contributed by atoms with Gasteiger partial charge in [-0.3, -0.25) is 4.79 Å². The molecule has 0 unspecified atom stereocenters. The fourth-order valence-corrected chi connectivity index (χ4v) is 3.09. The van der Waals surface area contributed by atoms with Gasteiger partial charge in [0.15, 0.2) is 11.6 Å². The third-order valence-corrected chi connectivity index (χ3v) is 4.36. The molecule has 3 N–H and O–H groups in total. The van der Waals surface area contributed by atoms with Gasteiger partial charge in [-0.05, 0) is 36.6 Å². The van der Waals surface area contributed by atoms with Crippen LogP contribution in [0.5, 0.6) is 0 Å². The molecule has 1 saturated heterocycles. The van der Waals surface area contributed by atoms with Crippen molar-refractivity contribution in [2.24, 2.45) is 11.7 Å². The van der Waals surface area contributed by atoms with Gasteiger partial charge in [-0.1, -0.05) is 18.2 Å². The predicted molar refractivity (Wildman–Crippen MR) is 92.1 cm³/mol. The standard InChI is InChI=1S/C18H21FN4O/c19-15-7-3-9-21-18(15)22-11-13-5-1-2-8-16(13)23-10-4-6-14(12-23)17(20)24/h1-3,5,7-9,14H,4,6,10-12H2,(H2,20,24)(H,21,22)/t14-/m0/s1. The highest BCUT2D eigenvalue weighted by Gasteiger charge is 2.25. The summed E-state index contributed by atoms with van der Waals surface area (Å²) in [4.78, 5) is 17.7. The second kappa shape index (κ2) is 7.29. The van der Waals surface area contributed by atoms with Gasteiger partial charge in [0.05, 0.1) is 5.92 Å². The van der Waals surface area contributed by atoms with E-state index in [-0.39, 0.29) is 23.5 Å². The van der Waals surface area contributed by atoms with E-state index < -0.39 is 0 Å². The van der Waals surface area contributed by atoms with E-state index in [1.807, 2.05) is 24.3 Å². The number of benzene rings is 1. The quantitative estimate of drug-likeness (QED) is 0.885. The number of carbonyl (C=O) groups excluding carboxylic acids is 1. The maximum absolute atomic E-state index is 13.7. The number of nitrogens with zero attached hydrogens (tertiary/aromatic N) is 2. The molecule has 1 aliphatic heterocycles. The van der Waals surface area contributed by atoms with Crippen LogP contribution in [-0.4, -0.2) is 24.0 Å². The SMILES string of the molecule is NC(=O)[C@H]1CCCN(c2ccccc2CNc2ncccc2F)C1. The second-order valence-corrected chi connectivity index (χ2v) is 6.00. The molecule has 1 fully saturated rings. The van der Waals surface area contributed by atoms with E-state index >= 15 is 0 Å². The van der Waals surface area contributed by atoms with Gasteiger partial charge < -0.3 is 16.0 Å². The molecule has 2 heterocycles. The lowest BCUT2D eigenvalue weighted by Gasteiger charge is -2.34. The van der Waals surface area contributed by atoms with Crippen molar-refractivity contribution in [2.75, 3.05) is 23.3 Å². The Balaban J connectivity index is 1.75. The Kier molecular flexibility index (Phi) is 4.93. The van der Waals surface area contributed by atoms with Crippen LogP contribution in [0.4, 0.5) is 15.9 Å². The molecule has 6 heteroatoms. The van der Waals surface area contributed by atoms with Gasteiger partial charge in [0.25, 0.3) is 0 Å². The summed E-state index contributed by atoms with van der Waals surface area (Å²) < 4.78 is 13.7. The second-order valence-electron chi connectivity index (χ2n) is 6.00. The van der Waals surface area contributed by atoms with Crippen LogP contribution >= 0.6 is 0 Å². The van der Waals surface area contributed by atoms with Gasteiger partial charge in [-0.25, -0.2) is 9.37 Å². The first-order chi connectivity index (χ1) is 11.6. The summed E-state index contributed by atoms with van der Waals surface area (Å²) in [5.74, 6) is -0.499. The van der Waals surface area contributed by atoms with Crippen molar-refractivity contribution in [3.63, 3.8) is 0 Å². The van der Waals surface area contributed by atoms with Crippen molar-refractivity contribution in [1.29, 1.82) is 0 Å². The largest absolute Gasteiger partial charge is 0.370 e. The molecule has 0 aliphatic carbocycles. The molecule has 0 saturated carbocycles. The van der Waals surface area contributed by atoms with Crippen molar-refractivity contribution in [3.05, 3.63) is 54.0 Å².